The highest BCUT2D eigenvalue weighted by Gasteiger charge is 2.23. The molecule has 0 radical (unpaired) electrons. The van der Waals surface area contributed by atoms with Crippen molar-refractivity contribution >= 4 is 33.5 Å². The highest BCUT2D eigenvalue weighted by molar-refractivity contribution is 14.1. The molecular weight excluding hydrogens is 333 g/mol. The molecule has 1 aromatic carbocycles. The van der Waals surface area contributed by atoms with Crippen LogP contribution in [0, 0.1) is 15.4 Å². The second kappa shape index (κ2) is 4.87. The standard InChI is InChI=1S/C16H20IN/c1-10(2)8-11-6-7-15-13(9-11)12-4-3-5-14(17)16(12)18-15/h3-5,10-11,18H,6-9H2,1-2H3. The molecule has 1 unspecified atom stereocenters. The lowest BCUT2D eigenvalue weighted by atomic mass is 9.82. The Labute approximate surface area is 122 Å². The van der Waals surface area contributed by atoms with Crippen molar-refractivity contribution in [3.05, 3.63) is 33.0 Å². The van der Waals surface area contributed by atoms with Crippen molar-refractivity contribution in [2.24, 2.45) is 11.8 Å². The van der Waals surface area contributed by atoms with Crippen molar-refractivity contribution < 1.29 is 0 Å². The van der Waals surface area contributed by atoms with Crippen LogP contribution in [-0.4, -0.2) is 4.98 Å². The van der Waals surface area contributed by atoms with Gasteiger partial charge >= 0.3 is 0 Å². The summed E-state index contributed by atoms with van der Waals surface area (Å²) in [6.45, 7) is 4.68. The van der Waals surface area contributed by atoms with E-state index < -0.39 is 0 Å². The predicted octanol–water partition coefficient (Wildman–Crippen LogP) is 4.92. The third kappa shape index (κ3) is 2.20. The van der Waals surface area contributed by atoms with E-state index in [1.807, 2.05) is 0 Å². The molecule has 1 N–H and O–H groups in total. The molecule has 1 aliphatic carbocycles. The number of H-pyrrole nitrogens is 1. The molecule has 3 rings (SSSR count). The Morgan fingerprint density at radius 1 is 1.39 bits per heavy atom. The zero-order valence-corrected chi connectivity index (χ0v) is 13.3. The minimum Gasteiger partial charge on any atom is -0.357 e. The van der Waals surface area contributed by atoms with Crippen molar-refractivity contribution in [3.8, 4) is 0 Å². The summed E-state index contributed by atoms with van der Waals surface area (Å²) in [5.74, 6) is 1.70. The first-order chi connectivity index (χ1) is 8.65. The Kier molecular flexibility index (Phi) is 3.39. The predicted molar refractivity (Wildman–Crippen MR) is 86.0 cm³/mol. The lowest BCUT2D eigenvalue weighted by Gasteiger charge is -2.23. The number of halogens is 1. The third-order valence-corrected chi connectivity index (χ3v) is 4.98. The summed E-state index contributed by atoms with van der Waals surface area (Å²) in [5.41, 5.74) is 4.45. The molecule has 18 heavy (non-hydrogen) atoms. The average molecular weight is 353 g/mol. The van der Waals surface area contributed by atoms with Gasteiger partial charge in [-0.05, 0) is 71.7 Å². The molecule has 96 valence electrons. The van der Waals surface area contributed by atoms with Crippen LogP contribution in [0.4, 0.5) is 0 Å². The summed E-state index contributed by atoms with van der Waals surface area (Å²) in [7, 11) is 0. The Balaban J connectivity index is 1.99. The first kappa shape index (κ1) is 12.5. The van der Waals surface area contributed by atoms with E-state index in [2.05, 4.69) is 59.6 Å². The molecule has 0 saturated carbocycles. The van der Waals surface area contributed by atoms with Crippen molar-refractivity contribution in [1.29, 1.82) is 0 Å². The fourth-order valence-corrected chi connectivity index (χ4v) is 3.98. The van der Waals surface area contributed by atoms with E-state index >= 15 is 0 Å². The highest BCUT2D eigenvalue weighted by atomic mass is 127. The monoisotopic (exact) mass is 353 g/mol. The Morgan fingerprint density at radius 2 is 2.22 bits per heavy atom. The Hall–Kier alpha value is -0.510. The zero-order chi connectivity index (χ0) is 12.7. The smallest absolute Gasteiger partial charge is 0.0594 e. The largest absolute Gasteiger partial charge is 0.357 e. The molecule has 0 fully saturated rings. The van der Waals surface area contributed by atoms with E-state index in [1.54, 1.807) is 5.56 Å². The topological polar surface area (TPSA) is 15.8 Å². The van der Waals surface area contributed by atoms with Gasteiger partial charge in [0.25, 0.3) is 0 Å². The quantitative estimate of drug-likeness (QED) is 0.738. The van der Waals surface area contributed by atoms with Crippen molar-refractivity contribution in [1.82, 2.24) is 4.98 Å². The second-order valence-electron chi connectivity index (χ2n) is 5.98. The Morgan fingerprint density at radius 3 is 3.00 bits per heavy atom. The first-order valence-corrected chi connectivity index (χ1v) is 8.01. The van der Waals surface area contributed by atoms with Crippen LogP contribution in [0.15, 0.2) is 18.2 Å². The van der Waals surface area contributed by atoms with Crippen LogP contribution in [0.2, 0.25) is 0 Å². The van der Waals surface area contributed by atoms with Gasteiger partial charge in [0.15, 0.2) is 0 Å². The molecule has 1 aliphatic rings. The average Bonchev–Trinajstić information content (AvgIpc) is 2.68. The molecule has 0 saturated heterocycles. The summed E-state index contributed by atoms with van der Waals surface area (Å²) >= 11 is 2.44. The minimum absolute atomic E-state index is 0.821. The first-order valence-electron chi connectivity index (χ1n) is 6.93. The summed E-state index contributed by atoms with van der Waals surface area (Å²) in [6.07, 6.45) is 5.23. The van der Waals surface area contributed by atoms with Gasteiger partial charge in [-0.15, -0.1) is 0 Å². The number of aromatic amines is 1. The number of nitrogens with one attached hydrogen (secondary N) is 1. The molecule has 1 atom stereocenters. The van der Waals surface area contributed by atoms with E-state index in [9.17, 15) is 0 Å². The molecule has 1 aromatic heterocycles. The normalized spacial score (nSPS) is 19.4. The van der Waals surface area contributed by atoms with Crippen molar-refractivity contribution in [2.75, 3.05) is 0 Å². The van der Waals surface area contributed by atoms with Crippen molar-refractivity contribution in [2.45, 2.75) is 39.5 Å². The Bertz CT molecular complexity index is 568. The van der Waals surface area contributed by atoms with E-state index in [0.29, 0.717) is 0 Å². The number of aromatic nitrogens is 1. The summed E-state index contributed by atoms with van der Waals surface area (Å²) in [4.78, 5) is 3.65. The lowest BCUT2D eigenvalue weighted by Crippen LogP contribution is -2.15. The van der Waals surface area contributed by atoms with Gasteiger partial charge in [-0.25, -0.2) is 0 Å². The van der Waals surface area contributed by atoms with Crippen LogP contribution in [0.25, 0.3) is 10.9 Å². The van der Waals surface area contributed by atoms with Gasteiger partial charge in [0.05, 0.1) is 5.52 Å². The van der Waals surface area contributed by atoms with Crippen LogP contribution in [0.5, 0.6) is 0 Å². The van der Waals surface area contributed by atoms with Crippen molar-refractivity contribution in [3.63, 3.8) is 0 Å². The molecule has 1 nitrogen and oxygen atoms in total. The number of fused-ring (bicyclic) bond motifs is 3. The second-order valence-corrected chi connectivity index (χ2v) is 7.15. The summed E-state index contributed by atoms with van der Waals surface area (Å²) in [6, 6.07) is 6.66. The van der Waals surface area contributed by atoms with Crippen LogP contribution in [0.1, 0.15) is 37.9 Å². The maximum absolute atomic E-state index is 3.65. The number of hydrogen-bond donors (Lipinski definition) is 1. The molecule has 0 bridgehead atoms. The number of hydrogen-bond acceptors (Lipinski definition) is 0. The lowest BCUT2D eigenvalue weighted by molar-refractivity contribution is 0.369. The fraction of sp³-hybridized carbons (Fsp3) is 0.500. The maximum Gasteiger partial charge on any atom is 0.0594 e. The van der Waals surface area contributed by atoms with E-state index in [4.69, 9.17) is 0 Å². The fourth-order valence-electron chi connectivity index (χ4n) is 3.35. The number of rotatable bonds is 2. The van der Waals surface area contributed by atoms with E-state index in [-0.39, 0.29) is 0 Å². The molecule has 0 amide bonds. The molecule has 0 spiro atoms. The minimum atomic E-state index is 0.821. The molecule has 0 aliphatic heterocycles. The number of aryl methyl sites for hydroxylation is 1. The maximum atomic E-state index is 3.65. The van der Waals surface area contributed by atoms with Crippen LogP contribution in [-0.2, 0) is 12.8 Å². The molecule has 1 heterocycles. The molecular formula is C16H20IN. The SMILES string of the molecule is CC(C)CC1CCc2[nH]c3c(I)cccc3c2C1. The zero-order valence-electron chi connectivity index (χ0n) is 11.1. The van der Waals surface area contributed by atoms with Gasteiger partial charge in [0.2, 0.25) is 0 Å². The third-order valence-electron chi connectivity index (χ3n) is 4.08. The van der Waals surface area contributed by atoms with Gasteiger partial charge in [0, 0.05) is 14.7 Å². The van der Waals surface area contributed by atoms with Gasteiger partial charge in [-0.2, -0.15) is 0 Å². The van der Waals surface area contributed by atoms with Crippen LogP contribution >= 0.6 is 22.6 Å². The van der Waals surface area contributed by atoms with Gasteiger partial charge < -0.3 is 4.98 Å². The van der Waals surface area contributed by atoms with Crippen LogP contribution < -0.4 is 0 Å². The van der Waals surface area contributed by atoms with E-state index in [1.165, 1.54) is 45.9 Å². The van der Waals surface area contributed by atoms with Gasteiger partial charge in [0.1, 0.15) is 0 Å². The summed E-state index contributed by atoms with van der Waals surface area (Å²) < 4.78 is 1.35. The van der Waals surface area contributed by atoms with Gasteiger partial charge in [-0.3, -0.25) is 0 Å². The molecule has 2 heteroatoms. The number of para-hydroxylation sites is 1. The molecule has 2 aromatic rings. The van der Waals surface area contributed by atoms with Crippen LogP contribution in [0.3, 0.4) is 0 Å². The van der Waals surface area contributed by atoms with E-state index in [0.717, 1.165) is 11.8 Å². The number of benzene rings is 1. The highest BCUT2D eigenvalue weighted by Crippen LogP contribution is 2.35. The summed E-state index contributed by atoms with van der Waals surface area (Å²) in [5, 5.41) is 1.46. The van der Waals surface area contributed by atoms with Gasteiger partial charge in [-0.1, -0.05) is 26.0 Å².